The number of hydrogen-bond donors (Lipinski definition) is 1. The molecule has 3 atom stereocenters. The lowest BCUT2D eigenvalue weighted by Crippen LogP contribution is -2.38. The van der Waals surface area contributed by atoms with Crippen LogP contribution in [0, 0.1) is 6.92 Å². The average molecular weight is 398 g/mol. The molecule has 0 spiro atoms. The first-order chi connectivity index (χ1) is 13.2. The first kappa shape index (κ1) is 18.8. The zero-order valence-electron chi connectivity index (χ0n) is 15.5. The second kappa shape index (κ2) is 6.78. The zero-order valence-corrected chi connectivity index (χ0v) is 15.5. The van der Waals surface area contributed by atoms with Crippen molar-refractivity contribution in [1.82, 2.24) is 25.0 Å². The number of nitrogens with one attached hydrogen (secondary N) is 1. The maximum Gasteiger partial charge on any atom is 0.410 e. The molecule has 0 unspecified atom stereocenters. The molecule has 0 radical (unpaired) electrons. The van der Waals surface area contributed by atoms with E-state index < -0.39 is 12.2 Å². The second-order valence-electron chi connectivity index (χ2n) is 7.46. The van der Waals surface area contributed by atoms with Gasteiger partial charge in [0, 0.05) is 18.7 Å². The van der Waals surface area contributed by atoms with Crippen LogP contribution in [0.25, 0.3) is 0 Å². The SMILES string of the molecule is Cc1nonc1CC(=O)N1CCC[C@@H]1c1cc2n(n1)[C@@H](C(F)(F)F)C[C@@H](C)N2. The molecule has 2 aliphatic heterocycles. The van der Waals surface area contributed by atoms with Crippen molar-refractivity contribution in [3.63, 3.8) is 0 Å². The molecule has 2 aromatic rings. The van der Waals surface area contributed by atoms with Crippen LogP contribution in [0.1, 0.15) is 55.4 Å². The summed E-state index contributed by atoms with van der Waals surface area (Å²) in [7, 11) is 0. The third kappa shape index (κ3) is 3.33. The number of halogens is 3. The summed E-state index contributed by atoms with van der Waals surface area (Å²) in [6, 6.07) is -0.695. The van der Waals surface area contributed by atoms with Gasteiger partial charge in [-0.25, -0.2) is 9.31 Å². The van der Waals surface area contributed by atoms with Gasteiger partial charge in [0.1, 0.15) is 17.2 Å². The highest BCUT2D eigenvalue weighted by atomic mass is 19.4. The number of alkyl halides is 3. The molecule has 4 heterocycles. The quantitative estimate of drug-likeness (QED) is 0.855. The van der Waals surface area contributed by atoms with Gasteiger partial charge in [0.15, 0.2) is 6.04 Å². The van der Waals surface area contributed by atoms with E-state index in [0.29, 0.717) is 35.9 Å². The number of anilines is 1. The monoisotopic (exact) mass is 398 g/mol. The van der Waals surface area contributed by atoms with Gasteiger partial charge >= 0.3 is 6.18 Å². The first-order valence-corrected chi connectivity index (χ1v) is 9.24. The number of nitrogens with zero attached hydrogens (tertiary/aromatic N) is 5. The lowest BCUT2D eigenvalue weighted by Gasteiger charge is -2.31. The van der Waals surface area contributed by atoms with Crippen LogP contribution in [0.2, 0.25) is 0 Å². The molecular formula is C17H21F3N6O2. The van der Waals surface area contributed by atoms with E-state index in [9.17, 15) is 18.0 Å². The number of aryl methyl sites for hydroxylation is 1. The summed E-state index contributed by atoms with van der Waals surface area (Å²) in [5.74, 6) is 0.174. The number of amides is 1. The largest absolute Gasteiger partial charge is 0.410 e. The number of carbonyl (C=O) groups is 1. The van der Waals surface area contributed by atoms with Gasteiger partial charge < -0.3 is 10.2 Å². The van der Waals surface area contributed by atoms with Crippen molar-refractivity contribution in [2.24, 2.45) is 0 Å². The van der Waals surface area contributed by atoms with Crippen LogP contribution in [0.4, 0.5) is 19.0 Å². The number of aromatic nitrogens is 4. The Hall–Kier alpha value is -2.59. The molecule has 2 aromatic heterocycles. The van der Waals surface area contributed by atoms with E-state index in [1.54, 1.807) is 24.8 Å². The number of carbonyl (C=O) groups excluding carboxylic acids is 1. The summed E-state index contributed by atoms with van der Waals surface area (Å²) >= 11 is 0. The van der Waals surface area contributed by atoms with E-state index in [-0.39, 0.29) is 30.8 Å². The van der Waals surface area contributed by atoms with Crippen molar-refractivity contribution in [3.8, 4) is 0 Å². The average Bonchev–Trinajstić information content (AvgIpc) is 3.32. The Bertz CT molecular complexity index is 877. The first-order valence-electron chi connectivity index (χ1n) is 9.24. The third-order valence-electron chi connectivity index (χ3n) is 5.38. The molecular weight excluding hydrogens is 377 g/mol. The van der Waals surface area contributed by atoms with Crippen molar-refractivity contribution in [3.05, 3.63) is 23.1 Å². The van der Waals surface area contributed by atoms with Crippen molar-refractivity contribution >= 4 is 11.7 Å². The Labute approximate surface area is 159 Å². The fraction of sp³-hybridized carbons (Fsp3) is 0.647. The summed E-state index contributed by atoms with van der Waals surface area (Å²) in [5.41, 5.74) is 1.49. The van der Waals surface area contributed by atoms with E-state index in [4.69, 9.17) is 0 Å². The molecule has 2 aliphatic rings. The van der Waals surface area contributed by atoms with E-state index in [0.717, 1.165) is 11.1 Å². The molecule has 8 nitrogen and oxygen atoms in total. The van der Waals surface area contributed by atoms with E-state index in [1.165, 1.54) is 0 Å². The van der Waals surface area contributed by atoms with Crippen LogP contribution in [0.5, 0.6) is 0 Å². The lowest BCUT2D eigenvalue weighted by molar-refractivity contribution is -0.173. The standard InChI is InChI=1S/C17H21F3N6O2/c1-9-6-14(17(18,19)20)26-15(21-9)7-12(22-26)13-4-3-5-25(13)16(27)8-11-10(2)23-28-24-11/h7,9,13-14,21H,3-6,8H2,1-2H3/t9-,13-,14-/m1/s1. The topological polar surface area (TPSA) is 89.1 Å². The fourth-order valence-corrected chi connectivity index (χ4v) is 3.97. The highest BCUT2D eigenvalue weighted by molar-refractivity contribution is 5.79. The number of likely N-dealkylation sites (tertiary alicyclic amines) is 1. The lowest BCUT2D eigenvalue weighted by atomic mass is 10.1. The number of hydrogen-bond acceptors (Lipinski definition) is 6. The van der Waals surface area contributed by atoms with Gasteiger partial charge in [0.2, 0.25) is 5.91 Å². The van der Waals surface area contributed by atoms with E-state index >= 15 is 0 Å². The predicted octanol–water partition coefficient (Wildman–Crippen LogP) is 2.79. The molecule has 0 aliphatic carbocycles. The highest BCUT2D eigenvalue weighted by Gasteiger charge is 2.46. The molecule has 28 heavy (non-hydrogen) atoms. The zero-order chi connectivity index (χ0) is 20.1. The molecule has 0 bridgehead atoms. The summed E-state index contributed by atoms with van der Waals surface area (Å²) in [6.45, 7) is 3.95. The molecule has 1 amide bonds. The number of fused-ring (bicyclic) bond motifs is 1. The minimum Gasteiger partial charge on any atom is -0.368 e. The Morgan fingerprint density at radius 2 is 2.18 bits per heavy atom. The van der Waals surface area contributed by atoms with Crippen LogP contribution in [-0.2, 0) is 11.2 Å². The summed E-state index contributed by atoms with van der Waals surface area (Å²) < 4.78 is 46.0. The predicted molar refractivity (Wildman–Crippen MR) is 91.4 cm³/mol. The van der Waals surface area contributed by atoms with E-state index in [1.807, 2.05) is 0 Å². The molecule has 1 saturated heterocycles. The van der Waals surface area contributed by atoms with Crippen LogP contribution in [0.15, 0.2) is 10.7 Å². The van der Waals surface area contributed by atoms with Gasteiger partial charge in [-0.05, 0) is 33.1 Å². The Morgan fingerprint density at radius 3 is 2.86 bits per heavy atom. The van der Waals surface area contributed by atoms with Crippen LogP contribution < -0.4 is 5.32 Å². The maximum atomic E-state index is 13.5. The van der Waals surface area contributed by atoms with Gasteiger partial charge in [-0.15, -0.1) is 0 Å². The molecule has 0 aromatic carbocycles. The van der Waals surface area contributed by atoms with Gasteiger partial charge in [-0.1, -0.05) is 10.3 Å². The van der Waals surface area contributed by atoms with Crippen LogP contribution in [0.3, 0.4) is 0 Å². The normalized spacial score (nSPS) is 24.9. The van der Waals surface area contributed by atoms with E-state index in [2.05, 4.69) is 25.4 Å². The smallest absolute Gasteiger partial charge is 0.368 e. The van der Waals surface area contributed by atoms with Crippen molar-refractivity contribution < 1.29 is 22.6 Å². The van der Waals surface area contributed by atoms with Crippen molar-refractivity contribution in [2.75, 3.05) is 11.9 Å². The van der Waals surface area contributed by atoms with Crippen molar-refractivity contribution in [1.29, 1.82) is 0 Å². The Balaban J connectivity index is 1.59. The molecule has 1 fully saturated rings. The maximum absolute atomic E-state index is 13.5. The highest BCUT2D eigenvalue weighted by Crippen LogP contribution is 2.41. The summed E-state index contributed by atoms with van der Waals surface area (Å²) in [4.78, 5) is 14.4. The Morgan fingerprint density at radius 1 is 1.39 bits per heavy atom. The minimum atomic E-state index is -4.38. The fourth-order valence-electron chi connectivity index (χ4n) is 3.97. The molecule has 152 valence electrons. The van der Waals surface area contributed by atoms with Crippen molar-refractivity contribution in [2.45, 2.75) is 63.8 Å². The summed E-state index contributed by atoms with van der Waals surface area (Å²) in [5, 5.41) is 14.7. The van der Waals surface area contributed by atoms with Gasteiger partial charge in [0.05, 0.1) is 18.2 Å². The van der Waals surface area contributed by atoms with Crippen LogP contribution in [-0.4, -0.2) is 49.7 Å². The molecule has 4 rings (SSSR count). The second-order valence-corrected chi connectivity index (χ2v) is 7.46. The van der Waals surface area contributed by atoms with Gasteiger partial charge in [-0.3, -0.25) is 4.79 Å². The molecule has 11 heteroatoms. The Kier molecular flexibility index (Phi) is 4.54. The minimum absolute atomic E-state index is 0.0415. The van der Waals surface area contributed by atoms with Gasteiger partial charge in [-0.2, -0.15) is 18.3 Å². The summed E-state index contributed by atoms with van der Waals surface area (Å²) in [6.07, 6.45) is -2.99. The number of rotatable bonds is 3. The third-order valence-corrected chi connectivity index (χ3v) is 5.38. The molecule has 1 N–H and O–H groups in total. The van der Waals surface area contributed by atoms with Crippen LogP contribution >= 0.6 is 0 Å². The molecule has 0 saturated carbocycles. The van der Waals surface area contributed by atoms with Gasteiger partial charge in [0.25, 0.3) is 0 Å².